The molecule has 1 rings (SSSR count). The molecular formula is C12H15BrN2. The van der Waals surface area contributed by atoms with Crippen molar-refractivity contribution in [2.75, 3.05) is 13.6 Å². The molecule has 0 aromatic heterocycles. The number of halogens is 1. The fourth-order valence-corrected chi connectivity index (χ4v) is 1.82. The Balaban J connectivity index is 2.84. The van der Waals surface area contributed by atoms with Crippen LogP contribution < -0.4 is 0 Å². The van der Waals surface area contributed by atoms with Crippen molar-refractivity contribution in [3.8, 4) is 6.07 Å². The zero-order valence-corrected chi connectivity index (χ0v) is 10.7. The molecule has 0 saturated heterocycles. The summed E-state index contributed by atoms with van der Waals surface area (Å²) in [5.41, 5.74) is 1.05. The van der Waals surface area contributed by atoms with Crippen LogP contribution in [0.15, 0.2) is 28.7 Å². The first kappa shape index (κ1) is 12.2. The Morgan fingerprint density at radius 3 is 2.47 bits per heavy atom. The molecule has 0 N–H and O–H groups in total. The Bertz CT molecular complexity index is 340. The van der Waals surface area contributed by atoms with E-state index in [1.54, 1.807) is 0 Å². The van der Waals surface area contributed by atoms with Gasteiger partial charge in [0.05, 0.1) is 6.07 Å². The predicted octanol–water partition coefficient (Wildman–Crippen LogP) is 3.36. The van der Waals surface area contributed by atoms with Crippen molar-refractivity contribution in [3.63, 3.8) is 0 Å². The Labute approximate surface area is 99.6 Å². The van der Waals surface area contributed by atoms with E-state index in [1.807, 2.05) is 31.3 Å². The molecule has 0 aliphatic carbocycles. The second-order valence-electron chi connectivity index (χ2n) is 3.56. The number of hydrogen-bond donors (Lipinski definition) is 0. The standard InChI is InChI=1S/C12H15BrN2/c1-3-8-15(2)12(9-14)10-4-6-11(13)7-5-10/h4-7,12H,3,8H2,1-2H3. The SMILES string of the molecule is CCCN(C)C(C#N)c1ccc(Br)cc1. The molecule has 0 heterocycles. The Kier molecular flexibility index (Phi) is 4.80. The van der Waals surface area contributed by atoms with Crippen LogP contribution >= 0.6 is 15.9 Å². The summed E-state index contributed by atoms with van der Waals surface area (Å²) in [4.78, 5) is 2.07. The van der Waals surface area contributed by atoms with Crippen LogP contribution in [0.4, 0.5) is 0 Å². The van der Waals surface area contributed by atoms with Gasteiger partial charge in [-0.1, -0.05) is 35.0 Å². The first-order valence-corrected chi connectivity index (χ1v) is 5.83. The van der Waals surface area contributed by atoms with Gasteiger partial charge in [0, 0.05) is 4.47 Å². The molecule has 1 aromatic carbocycles. The molecule has 0 radical (unpaired) electrons. The zero-order chi connectivity index (χ0) is 11.3. The number of nitrogens with zero attached hydrogens (tertiary/aromatic N) is 2. The molecule has 0 bridgehead atoms. The summed E-state index contributed by atoms with van der Waals surface area (Å²) in [6.45, 7) is 3.06. The van der Waals surface area contributed by atoms with Crippen LogP contribution in [0.25, 0.3) is 0 Å². The van der Waals surface area contributed by atoms with E-state index in [-0.39, 0.29) is 6.04 Å². The largest absolute Gasteiger partial charge is 0.287 e. The molecule has 0 fully saturated rings. The number of hydrogen-bond acceptors (Lipinski definition) is 2. The highest BCUT2D eigenvalue weighted by Crippen LogP contribution is 2.20. The third-order valence-electron chi connectivity index (χ3n) is 2.33. The summed E-state index contributed by atoms with van der Waals surface area (Å²) >= 11 is 3.39. The maximum Gasteiger partial charge on any atom is 0.123 e. The van der Waals surface area contributed by atoms with E-state index in [0.29, 0.717) is 0 Å². The Morgan fingerprint density at radius 2 is 2.00 bits per heavy atom. The van der Waals surface area contributed by atoms with Crippen LogP contribution in [0.3, 0.4) is 0 Å². The van der Waals surface area contributed by atoms with E-state index in [0.717, 1.165) is 23.0 Å². The van der Waals surface area contributed by atoms with Gasteiger partial charge in [0.1, 0.15) is 6.04 Å². The van der Waals surface area contributed by atoms with Crippen molar-refractivity contribution in [2.45, 2.75) is 19.4 Å². The lowest BCUT2D eigenvalue weighted by molar-refractivity contribution is 0.292. The second kappa shape index (κ2) is 5.89. The van der Waals surface area contributed by atoms with Crippen LogP contribution in [0.5, 0.6) is 0 Å². The predicted molar refractivity (Wildman–Crippen MR) is 65.4 cm³/mol. The third-order valence-corrected chi connectivity index (χ3v) is 2.85. The number of nitriles is 1. The van der Waals surface area contributed by atoms with Crippen LogP contribution in [0.2, 0.25) is 0 Å². The van der Waals surface area contributed by atoms with Crippen LogP contribution in [-0.2, 0) is 0 Å². The normalized spacial score (nSPS) is 12.5. The van der Waals surface area contributed by atoms with Gasteiger partial charge in [-0.3, -0.25) is 4.90 Å². The fourth-order valence-electron chi connectivity index (χ4n) is 1.55. The lowest BCUT2D eigenvalue weighted by Gasteiger charge is -2.21. The molecule has 2 nitrogen and oxygen atoms in total. The maximum absolute atomic E-state index is 9.14. The number of benzene rings is 1. The van der Waals surface area contributed by atoms with Gasteiger partial charge in [-0.15, -0.1) is 0 Å². The average Bonchev–Trinajstić information content (AvgIpc) is 2.22. The van der Waals surface area contributed by atoms with Gasteiger partial charge in [-0.25, -0.2) is 0 Å². The summed E-state index contributed by atoms with van der Waals surface area (Å²) in [5, 5.41) is 9.14. The number of rotatable bonds is 4. The second-order valence-corrected chi connectivity index (χ2v) is 4.48. The Hall–Kier alpha value is -0.850. The molecular weight excluding hydrogens is 252 g/mol. The third kappa shape index (κ3) is 3.33. The highest BCUT2D eigenvalue weighted by molar-refractivity contribution is 9.10. The summed E-state index contributed by atoms with van der Waals surface area (Å²) in [7, 11) is 1.99. The summed E-state index contributed by atoms with van der Waals surface area (Å²) in [6.07, 6.45) is 1.06. The molecule has 1 aromatic rings. The van der Waals surface area contributed by atoms with Crippen LogP contribution in [0.1, 0.15) is 24.9 Å². The molecule has 3 heteroatoms. The van der Waals surface area contributed by atoms with Crippen LogP contribution in [0, 0.1) is 11.3 Å². The molecule has 0 saturated carbocycles. The van der Waals surface area contributed by atoms with Crippen molar-refractivity contribution >= 4 is 15.9 Å². The zero-order valence-electron chi connectivity index (χ0n) is 9.07. The lowest BCUT2D eigenvalue weighted by atomic mass is 10.1. The van der Waals surface area contributed by atoms with Gasteiger partial charge in [0.25, 0.3) is 0 Å². The minimum absolute atomic E-state index is 0.141. The highest BCUT2D eigenvalue weighted by atomic mass is 79.9. The highest BCUT2D eigenvalue weighted by Gasteiger charge is 2.14. The molecule has 0 aliphatic heterocycles. The van der Waals surface area contributed by atoms with Crippen molar-refractivity contribution in [2.24, 2.45) is 0 Å². The van der Waals surface area contributed by atoms with E-state index in [1.165, 1.54) is 0 Å². The van der Waals surface area contributed by atoms with E-state index >= 15 is 0 Å². The Morgan fingerprint density at radius 1 is 1.40 bits per heavy atom. The van der Waals surface area contributed by atoms with E-state index < -0.39 is 0 Å². The van der Waals surface area contributed by atoms with Crippen molar-refractivity contribution in [1.29, 1.82) is 5.26 Å². The van der Waals surface area contributed by atoms with Gasteiger partial charge < -0.3 is 0 Å². The molecule has 0 amide bonds. The topological polar surface area (TPSA) is 27.0 Å². The van der Waals surface area contributed by atoms with Gasteiger partial charge in [-0.2, -0.15) is 5.26 Å². The van der Waals surface area contributed by atoms with Crippen molar-refractivity contribution in [1.82, 2.24) is 4.90 Å². The fraction of sp³-hybridized carbons (Fsp3) is 0.417. The van der Waals surface area contributed by atoms with Gasteiger partial charge in [0.2, 0.25) is 0 Å². The minimum atomic E-state index is -0.141. The lowest BCUT2D eigenvalue weighted by Crippen LogP contribution is -2.24. The molecule has 15 heavy (non-hydrogen) atoms. The van der Waals surface area contributed by atoms with Gasteiger partial charge >= 0.3 is 0 Å². The van der Waals surface area contributed by atoms with Crippen molar-refractivity contribution < 1.29 is 0 Å². The van der Waals surface area contributed by atoms with Crippen molar-refractivity contribution in [3.05, 3.63) is 34.3 Å². The van der Waals surface area contributed by atoms with Gasteiger partial charge in [0.15, 0.2) is 0 Å². The quantitative estimate of drug-likeness (QED) is 0.836. The van der Waals surface area contributed by atoms with E-state index in [9.17, 15) is 0 Å². The van der Waals surface area contributed by atoms with E-state index in [4.69, 9.17) is 5.26 Å². The summed E-state index contributed by atoms with van der Waals surface area (Å²) in [5.74, 6) is 0. The molecule has 80 valence electrons. The first-order chi connectivity index (χ1) is 7.19. The average molecular weight is 267 g/mol. The molecule has 0 spiro atoms. The van der Waals surface area contributed by atoms with Crippen LogP contribution in [-0.4, -0.2) is 18.5 Å². The maximum atomic E-state index is 9.14. The molecule has 1 atom stereocenters. The summed E-state index contributed by atoms with van der Waals surface area (Å²) < 4.78 is 1.04. The first-order valence-electron chi connectivity index (χ1n) is 5.04. The molecule has 0 aliphatic rings. The smallest absolute Gasteiger partial charge is 0.123 e. The minimum Gasteiger partial charge on any atom is -0.287 e. The van der Waals surface area contributed by atoms with Gasteiger partial charge in [-0.05, 0) is 37.7 Å². The molecule has 1 unspecified atom stereocenters. The monoisotopic (exact) mass is 266 g/mol. The van der Waals surface area contributed by atoms with E-state index in [2.05, 4.69) is 33.8 Å². The summed E-state index contributed by atoms with van der Waals surface area (Å²) in [6, 6.07) is 10.1.